The summed E-state index contributed by atoms with van der Waals surface area (Å²) in [6.45, 7) is 13.3. The van der Waals surface area contributed by atoms with E-state index < -0.39 is 10.0 Å². The molecule has 0 saturated carbocycles. The van der Waals surface area contributed by atoms with E-state index in [2.05, 4.69) is 21.3 Å². The van der Waals surface area contributed by atoms with Gasteiger partial charge in [0.05, 0.1) is 10.6 Å². The third-order valence-electron chi connectivity index (χ3n) is 4.44. The van der Waals surface area contributed by atoms with Crippen molar-refractivity contribution in [3.63, 3.8) is 0 Å². The molecule has 0 bridgehead atoms. The monoisotopic (exact) mass is 430 g/mol. The Balaban J connectivity index is 2.65. The molecule has 8 heteroatoms. The molecule has 0 aliphatic carbocycles. The Morgan fingerprint density at radius 3 is 2.43 bits per heavy atom. The predicted molar refractivity (Wildman–Crippen MR) is 122 cm³/mol. The van der Waals surface area contributed by atoms with Crippen LogP contribution < -0.4 is 15.2 Å². The second-order valence-corrected chi connectivity index (χ2v) is 8.89. The standard InChI is InChI=1S/C22H30N4O3S/c1-7-10-18(8-2)30(27,28)26-22-24-20(19-14(3)11-9-12-15(19)4)17(6)21(25-22)29-13-16(5)23/h8-12,16H,2,7,13,23H2,1,3-6H3,(H,24,25,26)/b18-10+/t16-/m1/s1. The van der Waals surface area contributed by atoms with Gasteiger partial charge in [-0.05, 0) is 51.3 Å². The Morgan fingerprint density at radius 1 is 1.27 bits per heavy atom. The molecule has 0 aliphatic rings. The van der Waals surface area contributed by atoms with Crippen molar-refractivity contribution in [2.75, 3.05) is 11.3 Å². The van der Waals surface area contributed by atoms with Crippen LogP contribution in [0.25, 0.3) is 11.3 Å². The zero-order valence-electron chi connectivity index (χ0n) is 18.2. The van der Waals surface area contributed by atoms with Gasteiger partial charge in [-0.25, -0.2) is 18.1 Å². The Labute approximate surface area is 179 Å². The first-order valence-electron chi connectivity index (χ1n) is 9.79. The molecule has 0 amide bonds. The van der Waals surface area contributed by atoms with Gasteiger partial charge in [0, 0.05) is 17.2 Å². The zero-order valence-corrected chi connectivity index (χ0v) is 19.0. The summed E-state index contributed by atoms with van der Waals surface area (Å²) in [5, 5.41) is 0. The highest BCUT2D eigenvalue weighted by molar-refractivity contribution is 7.96. The summed E-state index contributed by atoms with van der Waals surface area (Å²) in [6.07, 6.45) is 3.41. The van der Waals surface area contributed by atoms with Crippen LogP contribution in [0.3, 0.4) is 0 Å². The molecule has 7 nitrogen and oxygen atoms in total. The van der Waals surface area contributed by atoms with Crippen LogP contribution in [0.1, 0.15) is 37.0 Å². The maximum absolute atomic E-state index is 12.8. The van der Waals surface area contributed by atoms with Gasteiger partial charge in [-0.15, -0.1) is 0 Å². The van der Waals surface area contributed by atoms with Crippen molar-refractivity contribution in [3.05, 3.63) is 58.5 Å². The van der Waals surface area contributed by atoms with Gasteiger partial charge in [0.25, 0.3) is 10.0 Å². The highest BCUT2D eigenvalue weighted by Crippen LogP contribution is 2.33. The first kappa shape index (κ1) is 23.6. The fourth-order valence-corrected chi connectivity index (χ4v) is 4.06. The van der Waals surface area contributed by atoms with Gasteiger partial charge in [-0.3, -0.25) is 0 Å². The number of benzene rings is 1. The van der Waals surface area contributed by atoms with Crippen LogP contribution in [0.4, 0.5) is 5.95 Å². The van der Waals surface area contributed by atoms with Crippen LogP contribution in [0.15, 0.2) is 41.8 Å². The van der Waals surface area contributed by atoms with E-state index in [0.717, 1.165) is 16.7 Å². The van der Waals surface area contributed by atoms with Crippen LogP contribution in [0, 0.1) is 20.8 Å². The van der Waals surface area contributed by atoms with Gasteiger partial charge >= 0.3 is 0 Å². The van der Waals surface area contributed by atoms with Crippen molar-refractivity contribution >= 4 is 16.0 Å². The third-order valence-corrected chi connectivity index (χ3v) is 5.85. The number of hydrogen-bond donors (Lipinski definition) is 2. The minimum Gasteiger partial charge on any atom is -0.476 e. The molecule has 162 valence electrons. The molecule has 0 fully saturated rings. The van der Waals surface area contributed by atoms with Crippen molar-refractivity contribution in [2.45, 2.75) is 47.1 Å². The number of aromatic nitrogens is 2. The summed E-state index contributed by atoms with van der Waals surface area (Å²) in [5.74, 6) is 0.221. The second kappa shape index (κ2) is 9.86. The van der Waals surface area contributed by atoms with E-state index >= 15 is 0 Å². The lowest BCUT2D eigenvalue weighted by Crippen LogP contribution is -2.24. The summed E-state index contributed by atoms with van der Waals surface area (Å²) >= 11 is 0. The minimum atomic E-state index is -3.88. The average Bonchev–Trinajstić information content (AvgIpc) is 2.66. The fraction of sp³-hybridized carbons (Fsp3) is 0.364. The molecule has 0 saturated heterocycles. The number of nitrogens with zero attached hydrogens (tertiary/aromatic N) is 2. The molecule has 0 aliphatic heterocycles. The first-order chi connectivity index (χ1) is 14.1. The van der Waals surface area contributed by atoms with Crippen molar-refractivity contribution in [3.8, 4) is 17.1 Å². The molecule has 0 radical (unpaired) electrons. The summed E-state index contributed by atoms with van der Waals surface area (Å²) in [6, 6.07) is 5.72. The van der Waals surface area contributed by atoms with Crippen molar-refractivity contribution in [1.82, 2.24) is 9.97 Å². The van der Waals surface area contributed by atoms with Crippen LogP contribution in [-0.4, -0.2) is 31.0 Å². The number of ether oxygens (including phenoxy) is 1. The maximum Gasteiger partial charge on any atom is 0.263 e. The number of anilines is 1. The smallest absolute Gasteiger partial charge is 0.263 e. The van der Waals surface area contributed by atoms with Gasteiger partial charge < -0.3 is 10.5 Å². The van der Waals surface area contributed by atoms with Crippen LogP contribution >= 0.6 is 0 Å². The molecule has 30 heavy (non-hydrogen) atoms. The normalized spacial score (nSPS) is 13.1. The van der Waals surface area contributed by atoms with E-state index in [0.29, 0.717) is 17.7 Å². The maximum atomic E-state index is 12.8. The molecular weight excluding hydrogens is 400 g/mol. The largest absolute Gasteiger partial charge is 0.476 e. The summed E-state index contributed by atoms with van der Waals surface area (Å²) in [7, 11) is -3.88. The van der Waals surface area contributed by atoms with E-state index in [1.165, 1.54) is 6.08 Å². The molecule has 1 aromatic carbocycles. The zero-order chi connectivity index (χ0) is 22.5. The fourth-order valence-electron chi connectivity index (χ4n) is 3.01. The average molecular weight is 431 g/mol. The van der Waals surface area contributed by atoms with Gasteiger partial charge in [0.15, 0.2) is 0 Å². The molecule has 3 N–H and O–H groups in total. The quantitative estimate of drug-likeness (QED) is 0.582. The molecule has 2 rings (SSSR count). The van der Waals surface area contributed by atoms with Gasteiger partial charge in [-0.2, -0.15) is 4.98 Å². The lowest BCUT2D eigenvalue weighted by atomic mass is 9.97. The Kier molecular flexibility index (Phi) is 7.75. The molecule has 0 unspecified atom stereocenters. The molecule has 1 atom stereocenters. The summed E-state index contributed by atoms with van der Waals surface area (Å²) in [4.78, 5) is 8.92. The Bertz CT molecular complexity index is 1040. The highest BCUT2D eigenvalue weighted by atomic mass is 32.2. The van der Waals surface area contributed by atoms with E-state index in [9.17, 15) is 8.42 Å². The number of aryl methyl sites for hydroxylation is 2. The van der Waals surface area contributed by atoms with Gasteiger partial charge in [0.2, 0.25) is 11.8 Å². The molecule has 1 heterocycles. The SMILES string of the molecule is C=C/C(=C\CC)S(=O)(=O)Nc1nc(OC[C@@H](C)N)c(C)c(-c2c(C)cccc2C)n1. The van der Waals surface area contributed by atoms with Crippen molar-refractivity contribution in [1.29, 1.82) is 0 Å². The van der Waals surface area contributed by atoms with Crippen LogP contribution in [0.5, 0.6) is 5.88 Å². The van der Waals surface area contributed by atoms with Gasteiger partial charge in [-0.1, -0.05) is 37.8 Å². The topological polar surface area (TPSA) is 107 Å². The third kappa shape index (κ3) is 5.46. The Morgan fingerprint density at radius 2 is 1.90 bits per heavy atom. The highest BCUT2D eigenvalue weighted by Gasteiger charge is 2.21. The molecule has 1 aromatic heterocycles. The van der Waals surface area contributed by atoms with E-state index in [1.807, 2.05) is 52.8 Å². The first-order valence-corrected chi connectivity index (χ1v) is 11.3. The number of rotatable bonds is 9. The number of hydrogen-bond acceptors (Lipinski definition) is 6. The minimum absolute atomic E-state index is 0.0678. The lowest BCUT2D eigenvalue weighted by Gasteiger charge is -2.17. The van der Waals surface area contributed by atoms with Crippen molar-refractivity contribution in [2.24, 2.45) is 5.73 Å². The predicted octanol–water partition coefficient (Wildman–Crippen LogP) is 4.02. The number of sulfonamides is 1. The lowest BCUT2D eigenvalue weighted by molar-refractivity contribution is 0.283. The summed E-state index contributed by atoms with van der Waals surface area (Å²) in [5.41, 5.74) is 10.1. The molecule has 2 aromatic rings. The number of allylic oxidation sites excluding steroid dienone is 2. The molecular formula is C22H30N4O3S. The van der Waals surface area contributed by atoms with Crippen LogP contribution in [0.2, 0.25) is 0 Å². The number of nitrogens with one attached hydrogen (secondary N) is 1. The van der Waals surface area contributed by atoms with E-state index in [-0.39, 0.29) is 29.4 Å². The van der Waals surface area contributed by atoms with E-state index in [1.54, 1.807) is 6.08 Å². The Hall–Kier alpha value is -2.71. The molecule has 0 spiro atoms. The van der Waals surface area contributed by atoms with Gasteiger partial charge in [0.1, 0.15) is 6.61 Å². The van der Waals surface area contributed by atoms with E-state index in [4.69, 9.17) is 10.5 Å². The second-order valence-electron chi connectivity index (χ2n) is 7.21. The number of nitrogens with two attached hydrogens (primary N) is 1. The summed E-state index contributed by atoms with van der Waals surface area (Å²) < 4.78 is 33.8. The van der Waals surface area contributed by atoms with Crippen molar-refractivity contribution < 1.29 is 13.2 Å². The van der Waals surface area contributed by atoms with Crippen LogP contribution in [-0.2, 0) is 10.0 Å².